The Labute approximate surface area is 282 Å². The zero-order valence-corrected chi connectivity index (χ0v) is 27.5. The molecular formula is C27H33FN11O8PS. The zero-order chi connectivity index (χ0) is 33.9. The van der Waals surface area contributed by atoms with E-state index in [1.165, 1.54) is 17.2 Å². The van der Waals surface area contributed by atoms with Gasteiger partial charge in [-0.15, -0.1) is 0 Å². The van der Waals surface area contributed by atoms with Gasteiger partial charge in [0.15, 0.2) is 30.0 Å². The third-order valence-electron chi connectivity index (χ3n) is 8.78. The molecule has 22 heteroatoms. The summed E-state index contributed by atoms with van der Waals surface area (Å²) in [5.41, 5.74) is 13.8. The first-order valence-corrected chi connectivity index (χ1v) is 18.3. The number of nitrogens with zero attached hydrogens (tertiary/aromatic N) is 7. The summed E-state index contributed by atoms with van der Waals surface area (Å²) in [6.45, 7) is -3.63. The molecule has 3 fully saturated rings. The maximum absolute atomic E-state index is 15.9. The van der Waals surface area contributed by atoms with Crippen LogP contribution in [0.5, 0.6) is 0 Å². The van der Waals surface area contributed by atoms with Gasteiger partial charge < -0.3 is 45.6 Å². The van der Waals surface area contributed by atoms with E-state index in [-0.39, 0.29) is 36.0 Å². The number of aryl methyl sites for hydroxylation is 1. The van der Waals surface area contributed by atoms with Gasteiger partial charge in [-0.2, -0.15) is 9.97 Å². The van der Waals surface area contributed by atoms with Crippen molar-refractivity contribution >= 4 is 65.0 Å². The van der Waals surface area contributed by atoms with Gasteiger partial charge in [-0.25, -0.2) is 28.7 Å². The van der Waals surface area contributed by atoms with Crippen molar-refractivity contribution in [2.24, 2.45) is 5.73 Å². The third kappa shape index (κ3) is 6.02. The fourth-order valence-electron chi connectivity index (χ4n) is 6.55. The quantitative estimate of drug-likeness (QED) is 0.113. The number of anilines is 3. The van der Waals surface area contributed by atoms with Crippen molar-refractivity contribution in [2.75, 3.05) is 49.2 Å². The fraction of sp³-hybridized carbons (Fsp3) is 0.556. The number of cyclic esters (lactones) is 1. The average Bonchev–Trinajstić information content (AvgIpc) is 3.81. The summed E-state index contributed by atoms with van der Waals surface area (Å²) in [5, 5.41) is 7.15. The molecule has 3 saturated heterocycles. The molecule has 8 atom stereocenters. The molecule has 8 rings (SSSR count). The van der Waals surface area contributed by atoms with Crippen LogP contribution in [0.25, 0.3) is 22.2 Å². The Morgan fingerprint density at radius 2 is 2.00 bits per heavy atom. The molecule has 6 N–H and O–H groups in total. The molecule has 2 bridgehead atoms. The lowest BCUT2D eigenvalue weighted by molar-refractivity contribution is -0.0819. The number of rotatable bonds is 5. The van der Waals surface area contributed by atoms with Crippen LogP contribution in [0.3, 0.4) is 0 Å². The van der Waals surface area contributed by atoms with Crippen molar-refractivity contribution < 1.29 is 41.7 Å². The van der Waals surface area contributed by atoms with Crippen LogP contribution in [0.2, 0.25) is 0 Å². The van der Waals surface area contributed by atoms with Crippen molar-refractivity contribution in [1.82, 2.24) is 34.1 Å². The first-order chi connectivity index (χ1) is 23.7. The van der Waals surface area contributed by atoms with Crippen molar-refractivity contribution in [2.45, 2.75) is 62.3 Å². The summed E-state index contributed by atoms with van der Waals surface area (Å²) in [6, 6.07) is 0. The average molecular weight is 722 g/mol. The topological polar surface area (TPSA) is 240 Å². The largest absolute Gasteiger partial charge is 0.508 e. The number of imidazole rings is 1. The van der Waals surface area contributed by atoms with Crippen molar-refractivity contribution in [3.63, 3.8) is 0 Å². The predicted molar refractivity (Wildman–Crippen MR) is 173 cm³/mol. The van der Waals surface area contributed by atoms with E-state index < -0.39 is 62.6 Å². The van der Waals surface area contributed by atoms with E-state index in [4.69, 9.17) is 39.5 Å². The van der Waals surface area contributed by atoms with Gasteiger partial charge in [0.05, 0.1) is 18.3 Å². The van der Waals surface area contributed by atoms with Crippen LogP contribution in [-0.2, 0) is 39.0 Å². The van der Waals surface area contributed by atoms with Crippen LogP contribution >= 0.6 is 19.0 Å². The number of carbonyl (C=O) groups is 1. The Kier molecular flexibility index (Phi) is 8.45. The van der Waals surface area contributed by atoms with Gasteiger partial charge in [0.25, 0.3) is 0 Å². The van der Waals surface area contributed by atoms with E-state index in [9.17, 15) is 9.36 Å². The standard InChI is InChI=1S/C27H33FN11O8PS/c28-18-15-9-43-48(41,49)47-13-6-16(38-7-12-2-1-4-31-22-17(12)23(38)34-10-33-22)44-14(13)8-42-27(40)46-20(18)25(45-15)39-11-35-19-21(30)36-26(32-5-3-29)37-24(19)39/h7,10-11,13-16,18,20,25H,1-6,8-9,29H2,(H,41,49)(H,31,33,34)(H3,30,32,36,37)/t13-,14+,15+,16+,18+,20+,25+,48?/m0/s1. The molecule has 0 saturated carbocycles. The van der Waals surface area contributed by atoms with Crippen LogP contribution in [0, 0.1) is 0 Å². The molecule has 0 aromatic carbocycles. The number of hydrogen-bond acceptors (Lipinski definition) is 17. The smallest absolute Gasteiger partial charge is 0.431 e. The second-order valence-electron chi connectivity index (χ2n) is 11.9. The highest BCUT2D eigenvalue weighted by atomic mass is 32.7. The maximum atomic E-state index is 15.9. The lowest BCUT2D eigenvalue weighted by Crippen LogP contribution is -2.35. The van der Waals surface area contributed by atoms with Gasteiger partial charge in [-0.1, -0.05) is 12.2 Å². The van der Waals surface area contributed by atoms with Crippen molar-refractivity contribution in [3.8, 4) is 0 Å². The Hall–Kier alpha value is -3.85. The molecule has 49 heavy (non-hydrogen) atoms. The number of nitrogens with one attached hydrogen (secondary N) is 2. The number of carbonyl (C=O) groups excluding carboxylic acids is 1. The lowest BCUT2D eigenvalue weighted by Gasteiger charge is -2.23. The minimum absolute atomic E-state index is 0.0476. The van der Waals surface area contributed by atoms with E-state index in [1.807, 2.05) is 10.8 Å². The van der Waals surface area contributed by atoms with Crippen LogP contribution in [0.4, 0.5) is 26.8 Å². The maximum Gasteiger partial charge on any atom is 0.508 e. The summed E-state index contributed by atoms with van der Waals surface area (Å²) in [6.07, 6.45) is -3.19. The Balaban J connectivity index is 1.06. The minimum Gasteiger partial charge on any atom is -0.431 e. The fourth-order valence-corrected chi connectivity index (χ4v) is 8.08. The number of alkyl halides is 1. The van der Waals surface area contributed by atoms with Gasteiger partial charge >= 0.3 is 13.0 Å². The number of fused-ring (bicyclic) bond motifs is 4. The highest BCUT2D eigenvalue weighted by molar-refractivity contribution is 8.44. The number of halogens is 1. The zero-order valence-electron chi connectivity index (χ0n) is 25.8. The number of nitrogen functional groups attached to an aromatic ring is 1. The molecule has 0 radical (unpaired) electrons. The molecule has 4 aromatic heterocycles. The Bertz CT molecular complexity index is 1950. The highest BCUT2D eigenvalue weighted by Crippen LogP contribution is 2.57. The number of thiol groups is 1. The first kappa shape index (κ1) is 32.4. The van der Waals surface area contributed by atoms with Crippen LogP contribution in [0.1, 0.15) is 30.9 Å². The lowest BCUT2D eigenvalue weighted by atomic mass is 10.1. The summed E-state index contributed by atoms with van der Waals surface area (Å²) >= 11 is 4.18. The molecule has 4 aliphatic rings. The van der Waals surface area contributed by atoms with Crippen LogP contribution < -0.4 is 22.1 Å². The number of ether oxygens (including phenoxy) is 4. The Morgan fingerprint density at radius 1 is 1.12 bits per heavy atom. The van der Waals surface area contributed by atoms with E-state index in [0.29, 0.717) is 18.7 Å². The summed E-state index contributed by atoms with van der Waals surface area (Å²) in [5.74, 6) is 0.934. The SMILES string of the molecule is NCCNc1nc(N)c2ncn([C@@H]3O[C@@H]4COP(=O)(S)O[C@H]5C[C@H](n6cc7c8c(ncnc86)NCCC7)O[C@@H]5COC(=O)O[C@@H]3[C@@H]4F)c2n1. The molecule has 0 amide bonds. The van der Waals surface area contributed by atoms with E-state index in [1.54, 1.807) is 0 Å². The minimum atomic E-state index is -4.14. The molecule has 262 valence electrons. The molecule has 0 aliphatic carbocycles. The molecule has 19 nitrogen and oxygen atoms in total. The van der Waals surface area contributed by atoms with E-state index in [2.05, 4.69) is 47.8 Å². The van der Waals surface area contributed by atoms with Gasteiger partial charge in [0, 0.05) is 32.3 Å². The third-order valence-corrected chi connectivity index (χ3v) is 10.4. The number of aromatic nitrogens is 7. The van der Waals surface area contributed by atoms with Gasteiger partial charge in [0.1, 0.15) is 54.5 Å². The molecular weight excluding hydrogens is 688 g/mol. The number of nitrogens with two attached hydrogens (primary N) is 2. The monoisotopic (exact) mass is 721 g/mol. The molecule has 4 aliphatic heterocycles. The van der Waals surface area contributed by atoms with E-state index in [0.717, 1.165) is 36.2 Å². The van der Waals surface area contributed by atoms with Gasteiger partial charge in [-0.3, -0.25) is 13.6 Å². The second kappa shape index (κ2) is 12.8. The summed E-state index contributed by atoms with van der Waals surface area (Å²) < 4.78 is 67.3. The van der Waals surface area contributed by atoms with E-state index >= 15 is 4.39 Å². The second-order valence-corrected chi connectivity index (χ2v) is 14.8. The summed E-state index contributed by atoms with van der Waals surface area (Å²) in [7, 11) is 0. The molecule has 4 aromatic rings. The molecule has 1 unspecified atom stereocenters. The Morgan fingerprint density at radius 3 is 2.86 bits per heavy atom. The molecule has 8 heterocycles. The van der Waals surface area contributed by atoms with Crippen LogP contribution in [0.15, 0.2) is 18.9 Å². The van der Waals surface area contributed by atoms with Gasteiger partial charge in [0.2, 0.25) is 5.95 Å². The molecule has 0 spiro atoms. The normalized spacial score (nSPS) is 31.9. The van der Waals surface area contributed by atoms with Crippen LogP contribution in [-0.4, -0.2) is 104 Å². The first-order valence-electron chi connectivity index (χ1n) is 15.7. The highest BCUT2D eigenvalue weighted by Gasteiger charge is 2.51. The predicted octanol–water partition coefficient (Wildman–Crippen LogP) is 2.08. The van der Waals surface area contributed by atoms with Gasteiger partial charge in [-0.05, 0) is 18.4 Å². The summed E-state index contributed by atoms with van der Waals surface area (Å²) in [4.78, 5) is 34.8. The number of hydrogen-bond donors (Lipinski definition) is 5. The van der Waals surface area contributed by atoms with Crippen molar-refractivity contribution in [3.05, 3.63) is 24.4 Å². The van der Waals surface area contributed by atoms with Crippen molar-refractivity contribution in [1.29, 1.82) is 0 Å².